The highest BCUT2D eigenvalue weighted by molar-refractivity contribution is 6.14. The van der Waals surface area contributed by atoms with E-state index in [-0.39, 0.29) is 23.2 Å². The normalized spacial score (nSPS) is 15.9. The lowest BCUT2D eigenvalue weighted by Gasteiger charge is -2.13. The Balaban J connectivity index is 1.38. The number of hydrogen-bond donors (Lipinski definition) is 0. The van der Waals surface area contributed by atoms with Gasteiger partial charge in [-0.3, -0.25) is 0 Å². The second-order valence-electron chi connectivity index (χ2n) is 9.17. The van der Waals surface area contributed by atoms with Crippen LogP contribution in [0.3, 0.4) is 0 Å². The van der Waals surface area contributed by atoms with Crippen LogP contribution in [0, 0.1) is 0 Å². The van der Waals surface area contributed by atoms with Gasteiger partial charge in [0.1, 0.15) is 0 Å². The maximum absolute atomic E-state index is 12.6. The Morgan fingerprint density at radius 2 is 0.841 bits per heavy atom. The van der Waals surface area contributed by atoms with Gasteiger partial charge in [0.2, 0.25) is 23.3 Å². The van der Waals surface area contributed by atoms with Gasteiger partial charge in [-0.2, -0.15) is 0 Å². The van der Waals surface area contributed by atoms with E-state index in [1.807, 2.05) is 0 Å². The smallest absolute Gasteiger partial charge is 0.363 e. The summed E-state index contributed by atoms with van der Waals surface area (Å²) in [6, 6.07) is 13.6. The van der Waals surface area contributed by atoms with Gasteiger partial charge in [0.05, 0.1) is 42.7 Å². The van der Waals surface area contributed by atoms with E-state index in [0.29, 0.717) is 56.8 Å². The topological polar surface area (TPSA) is 133 Å². The highest BCUT2D eigenvalue weighted by Crippen LogP contribution is 2.40. The van der Waals surface area contributed by atoms with Gasteiger partial charge in [-0.05, 0) is 47.5 Å². The second kappa shape index (κ2) is 12.6. The molecule has 0 bridgehead atoms. The fraction of sp³-hybridized carbons (Fsp3) is 0.188. The van der Waals surface area contributed by atoms with Crippen molar-refractivity contribution in [2.45, 2.75) is 0 Å². The van der Waals surface area contributed by atoms with Crippen LogP contribution in [0.1, 0.15) is 22.3 Å². The molecule has 2 heterocycles. The van der Waals surface area contributed by atoms with Crippen molar-refractivity contribution in [1.29, 1.82) is 0 Å². The average molecular weight is 601 g/mol. The maximum atomic E-state index is 12.6. The van der Waals surface area contributed by atoms with E-state index in [4.69, 9.17) is 37.9 Å². The monoisotopic (exact) mass is 600 g/mol. The van der Waals surface area contributed by atoms with Crippen LogP contribution in [0.2, 0.25) is 0 Å². The van der Waals surface area contributed by atoms with Crippen LogP contribution in [0.4, 0.5) is 0 Å². The third-order valence-corrected chi connectivity index (χ3v) is 6.61. The molecule has 0 radical (unpaired) electrons. The van der Waals surface area contributed by atoms with Crippen molar-refractivity contribution < 1.29 is 47.5 Å². The molecule has 0 atom stereocenters. The second-order valence-corrected chi connectivity index (χ2v) is 9.17. The first-order valence-corrected chi connectivity index (χ1v) is 13.1. The zero-order valence-electron chi connectivity index (χ0n) is 24.8. The minimum atomic E-state index is -0.609. The van der Waals surface area contributed by atoms with Crippen molar-refractivity contribution in [2.24, 2.45) is 9.98 Å². The molecule has 0 aromatic heterocycles. The van der Waals surface area contributed by atoms with Crippen LogP contribution in [0.5, 0.6) is 34.5 Å². The predicted octanol–water partition coefficient (Wildman–Crippen LogP) is 4.43. The lowest BCUT2D eigenvalue weighted by molar-refractivity contribution is -0.130. The van der Waals surface area contributed by atoms with Crippen LogP contribution < -0.4 is 28.4 Å². The SMILES string of the molecule is COc1cc(C2=NC(=Cc3ccc(C=C4N=C(c5cc(OC)c(OC)c(OC)c5)OC4=O)cc3)C(=O)O2)cc(OC)c1OC. The molecule has 2 aliphatic heterocycles. The van der Waals surface area contributed by atoms with Gasteiger partial charge in [-0.1, -0.05) is 24.3 Å². The van der Waals surface area contributed by atoms with Crippen LogP contribution in [0.25, 0.3) is 12.2 Å². The van der Waals surface area contributed by atoms with E-state index >= 15 is 0 Å². The van der Waals surface area contributed by atoms with E-state index < -0.39 is 11.9 Å². The molecule has 0 amide bonds. The summed E-state index contributed by atoms with van der Waals surface area (Å²) < 4.78 is 43.0. The summed E-state index contributed by atoms with van der Waals surface area (Å²) >= 11 is 0. The van der Waals surface area contributed by atoms with Crippen LogP contribution in [-0.4, -0.2) is 66.4 Å². The summed E-state index contributed by atoms with van der Waals surface area (Å²) in [5.74, 6) is 1.38. The molecule has 0 N–H and O–H groups in total. The Morgan fingerprint density at radius 1 is 0.523 bits per heavy atom. The molecule has 5 rings (SSSR count). The lowest BCUT2D eigenvalue weighted by atomic mass is 10.1. The molecule has 0 aliphatic carbocycles. The average Bonchev–Trinajstić information content (AvgIpc) is 3.61. The molecular formula is C32H28N2O10. The molecule has 0 fully saturated rings. The summed E-state index contributed by atoms with van der Waals surface area (Å²) in [6.07, 6.45) is 3.18. The van der Waals surface area contributed by atoms with E-state index in [9.17, 15) is 9.59 Å². The lowest BCUT2D eigenvalue weighted by Crippen LogP contribution is -2.07. The Labute approximate surface area is 252 Å². The van der Waals surface area contributed by atoms with Crippen molar-refractivity contribution in [3.8, 4) is 34.5 Å². The van der Waals surface area contributed by atoms with Crippen molar-refractivity contribution >= 4 is 35.9 Å². The number of aliphatic imine (C=N–C) groups is 2. The van der Waals surface area contributed by atoms with E-state index in [2.05, 4.69) is 9.98 Å². The summed E-state index contributed by atoms with van der Waals surface area (Å²) in [4.78, 5) is 33.9. The molecule has 0 saturated heterocycles. The molecule has 44 heavy (non-hydrogen) atoms. The molecule has 0 unspecified atom stereocenters. The summed E-state index contributed by atoms with van der Waals surface area (Å²) in [7, 11) is 8.96. The van der Waals surface area contributed by atoms with Crippen LogP contribution in [0.15, 0.2) is 69.9 Å². The third kappa shape index (κ3) is 5.77. The molecule has 0 saturated carbocycles. The predicted molar refractivity (Wildman–Crippen MR) is 160 cm³/mol. The number of methoxy groups -OCH3 is 6. The molecule has 0 spiro atoms. The Kier molecular flexibility index (Phi) is 8.51. The quantitative estimate of drug-likeness (QED) is 0.243. The van der Waals surface area contributed by atoms with E-state index in [1.54, 1.807) is 60.7 Å². The van der Waals surface area contributed by atoms with Crippen molar-refractivity contribution in [2.75, 3.05) is 42.7 Å². The standard InChI is InChI=1S/C32H28N2O10/c1-37-23-13-19(14-24(38-2)27(23)41-5)29-33-21(31(35)43-29)11-17-7-9-18(10-8-17)12-22-32(36)44-30(34-22)20-15-25(39-3)28(42-6)26(16-20)40-4/h7-16H,1-6H3. The van der Waals surface area contributed by atoms with Gasteiger partial charge in [0.25, 0.3) is 0 Å². The van der Waals surface area contributed by atoms with Gasteiger partial charge in [0, 0.05) is 11.1 Å². The number of carbonyl (C=O) groups is 2. The van der Waals surface area contributed by atoms with Crippen molar-refractivity contribution in [3.63, 3.8) is 0 Å². The largest absolute Gasteiger partial charge is 0.493 e. The zero-order chi connectivity index (χ0) is 31.4. The van der Waals surface area contributed by atoms with Crippen molar-refractivity contribution in [1.82, 2.24) is 0 Å². The number of rotatable bonds is 10. The molecule has 3 aromatic rings. The number of benzene rings is 3. The first kappa shape index (κ1) is 29.7. The number of cyclic esters (lactones) is 2. The van der Waals surface area contributed by atoms with Gasteiger partial charge < -0.3 is 37.9 Å². The first-order valence-electron chi connectivity index (χ1n) is 13.1. The third-order valence-electron chi connectivity index (χ3n) is 6.61. The number of esters is 2. The maximum Gasteiger partial charge on any atom is 0.363 e. The number of nitrogens with zero attached hydrogens (tertiary/aromatic N) is 2. The molecule has 2 aliphatic rings. The molecule has 3 aromatic carbocycles. The highest BCUT2D eigenvalue weighted by atomic mass is 16.6. The number of hydrogen-bond acceptors (Lipinski definition) is 12. The zero-order valence-corrected chi connectivity index (χ0v) is 24.8. The van der Waals surface area contributed by atoms with E-state index in [0.717, 1.165) is 0 Å². The van der Waals surface area contributed by atoms with Crippen molar-refractivity contribution in [3.05, 3.63) is 82.2 Å². The summed E-state index contributed by atoms with van der Waals surface area (Å²) in [5.41, 5.74) is 2.55. The first-order chi connectivity index (χ1) is 21.3. The summed E-state index contributed by atoms with van der Waals surface area (Å²) in [5, 5.41) is 0. The number of ether oxygens (including phenoxy) is 8. The fourth-order valence-electron chi connectivity index (χ4n) is 4.48. The van der Waals surface area contributed by atoms with Gasteiger partial charge in [-0.15, -0.1) is 0 Å². The van der Waals surface area contributed by atoms with Gasteiger partial charge >= 0.3 is 11.9 Å². The Morgan fingerprint density at radius 3 is 1.11 bits per heavy atom. The van der Waals surface area contributed by atoms with Crippen LogP contribution in [-0.2, 0) is 19.1 Å². The Hall–Kier alpha value is -5.78. The van der Waals surface area contributed by atoms with E-state index in [1.165, 1.54) is 42.7 Å². The minimum Gasteiger partial charge on any atom is -0.493 e. The minimum absolute atomic E-state index is 0.0994. The van der Waals surface area contributed by atoms with Gasteiger partial charge in [-0.25, -0.2) is 19.6 Å². The fourth-order valence-corrected chi connectivity index (χ4v) is 4.48. The Bertz CT molecular complexity index is 1570. The summed E-state index contributed by atoms with van der Waals surface area (Å²) in [6.45, 7) is 0. The van der Waals surface area contributed by atoms with Gasteiger partial charge in [0.15, 0.2) is 34.4 Å². The molecular weight excluding hydrogens is 572 g/mol. The number of carbonyl (C=O) groups excluding carboxylic acids is 2. The molecule has 12 heteroatoms. The molecule has 12 nitrogen and oxygen atoms in total. The van der Waals surface area contributed by atoms with Crippen LogP contribution >= 0.6 is 0 Å². The molecule has 226 valence electrons. The highest BCUT2D eigenvalue weighted by Gasteiger charge is 2.28.